The number of halogens is 3. The first-order chi connectivity index (χ1) is 21.3. The summed E-state index contributed by atoms with van der Waals surface area (Å²) < 4.78 is 52.7. The zero-order valence-electron chi connectivity index (χ0n) is 25.0. The smallest absolute Gasteiger partial charge is 0.416 e. The number of aliphatic carboxylic acids is 1. The first kappa shape index (κ1) is 33.5. The van der Waals surface area contributed by atoms with Gasteiger partial charge in [-0.25, -0.2) is 9.59 Å². The van der Waals surface area contributed by atoms with Gasteiger partial charge in [0.25, 0.3) is 0 Å². The third-order valence-electron chi connectivity index (χ3n) is 8.09. The first-order valence-corrected chi connectivity index (χ1v) is 14.4. The van der Waals surface area contributed by atoms with E-state index < -0.39 is 60.0 Å². The van der Waals surface area contributed by atoms with Crippen molar-refractivity contribution in [1.29, 1.82) is 0 Å². The number of carbonyl (C=O) groups is 3. The van der Waals surface area contributed by atoms with Gasteiger partial charge in [-0.15, -0.1) is 0 Å². The van der Waals surface area contributed by atoms with Crippen LogP contribution in [-0.4, -0.2) is 53.2 Å². The van der Waals surface area contributed by atoms with Crippen molar-refractivity contribution in [3.8, 4) is 0 Å². The zero-order chi connectivity index (χ0) is 32.8. The Bertz CT molecular complexity index is 1500. The topological polar surface area (TPSA) is 131 Å². The molecule has 0 radical (unpaired) electrons. The largest absolute Gasteiger partial charge is 0.479 e. The van der Waals surface area contributed by atoms with Crippen LogP contribution in [0.5, 0.6) is 0 Å². The van der Waals surface area contributed by atoms with Gasteiger partial charge >= 0.3 is 18.2 Å². The Kier molecular flexibility index (Phi) is 10.2. The number of piperidine rings is 1. The summed E-state index contributed by atoms with van der Waals surface area (Å²) in [4.78, 5) is 40.2. The van der Waals surface area contributed by atoms with Crippen LogP contribution in [0.3, 0.4) is 0 Å². The van der Waals surface area contributed by atoms with E-state index in [1.165, 1.54) is 4.90 Å². The molecule has 45 heavy (non-hydrogen) atoms. The Hall–Kier alpha value is -4.42. The van der Waals surface area contributed by atoms with Gasteiger partial charge in [0.2, 0.25) is 5.91 Å². The molecule has 0 bridgehead atoms. The van der Waals surface area contributed by atoms with Crippen molar-refractivity contribution in [3.63, 3.8) is 0 Å². The van der Waals surface area contributed by atoms with E-state index in [2.05, 4.69) is 5.32 Å². The molecule has 0 aliphatic carbocycles. The Morgan fingerprint density at radius 1 is 1.02 bits per heavy atom. The van der Waals surface area contributed by atoms with Crippen LogP contribution >= 0.6 is 0 Å². The number of hydrogen-bond acceptors (Lipinski definition) is 6. The molecule has 1 fully saturated rings. The highest BCUT2D eigenvalue weighted by molar-refractivity contribution is 5.89. The van der Waals surface area contributed by atoms with E-state index in [0.29, 0.717) is 16.7 Å². The van der Waals surface area contributed by atoms with E-state index in [1.54, 1.807) is 74.5 Å². The van der Waals surface area contributed by atoms with Crippen molar-refractivity contribution >= 4 is 18.0 Å². The molecular weight excluding hydrogens is 591 g/mol. The number of hydrogen-bond donors (Lipinski definition) is 3. The van der Waals surface area contributed by atoms with Crippen LogP contribution in [0, 0.1) is 6.92 Å². The van der Waals surface area contributed by atoms with Gasteiger partial charge in [-0.05, 0) is 55.5 Å². The van der Waals surface area contributed by atoms with Crippen molar-refractivity contribution in [3.05, 3.63) is 107 Å². The van der Waals surface area contributed by atoms with Crippen LogP contribution in [0.4, 0.5) is 18.0 Å². The number of nitrogens with two attached hydrogens (primary N) is 1. The number of benzene rings is 3. The first-order valence-electron chi connectivity index (χ1n) is 14.4. The Balaban J connectivity index is 1.74. The fraction of sp³-hybridized carbons (Fsp3) is 0.364. The number of carbonyl (C=O) groups excluding carboxylic acids is 2. The zero-order valence-corrected chi connectivity index (χ0v) is 25.0. The number of carboxylic acid groups (broad SMARTS) is 1. The minimum Gasteiger partial charge on any atom is -0.479 e. The molecule has 240 valence electrons. The van der Waals surface area contributed by atoms with Crippen LogP contribution in [0.15, 0.2) is 78.9 Å². The van der Waals surface area contributed by atoms with E-state index in [4.69, 9.17) is 15.2 Å². The highest BCUT2D eigenvalue weighted by Gasteiger charge is 2.55. The van der Waals surface area contributed by atoms with Gasteiger partial charge in [0.1, 0.15) is 6.61 Å². The molecule has 1 aliphatic heterocycles. The predicted octanol–water partition coefficient (Wildman–Crippen LogP) is 5.32. The van der Waals surface area contributed by atoms with E-state index in [1.807, 2.05) is 6.07 Å². The minimum atomic E-state index is -4.55. The third kappa shape index (κ3) is 7.63. The van der Waals surface area contributed by atoms with Crippen LogP contribution in [0.1, 0.15) is 53.7 Å². The van der Waals surface area contributed by atoms with Gasteiger partial charge in [-0.2, -0.15) is 13.2 Å². The summed E-state index contributed by atoms with van der Waals surface area (Å²) in [5.74, 6) is -2.08. The number of alkyl halides is 3. The van der Waals surface area contributed by atoms with Gasteiger partial charge in [-0.3, -0.25) is 9.69 Å². The molecule has 9 nitrogen and oxygen atoms in total. The lowest BCUT2D eigenvalue weighted by Gasteiger charge is -2.52. The lowest BCUT2D eigenvalue weighted by atomic mass is 9.74. The van der Waals surface area contributed by atoms with Crippen molar-refractivity contribution < 1.29 is 42.1 Å². The van der Waals surface area contributed by atoms with Crippen LogP contribution in [0.2, 0.25) is 0 Å². The number of carboxylic acids is 1. The normalized spacial score (nSPS) is 20.7. The van der Waals surface area contributed by atoms with Crippen LogP contribution in [-0.2, 0) is 37.4 Å². The molecule has 0 aromatic heterocycles. The molecule has 1 saturated heterocycles. The third-order valence-corrected chi connectivity index (χ3v) is 8.09. The summed E-state index contributed by atoms with van der Waals surface area (Å²) in [5, 5.41) is 12.8. The molecule has 1 heterocycles. The van der Waals surface area contributed by atoms with Gasteiger partial charge < -0.3 is 25.6 Å². The summed E-state index contributed by atoms with van der Waals surface area (Å²) in [5.41, 5.74) is 3.45. The van der Waals surface area contributed by atoms with Gasteiger partial charge in [-0.1, -0.05) is 72.3 Å². The summed E-state index contributed by atoms with van der Waals surface area (Å²) in [6.07, 6.45) is -6.35. The standard InChI is InChI=1S/C33H36F3N3O6/c1-22-15-25(17-27(16-22)33(34,35)36)23(2)45-21-32(26-11-7-4-8-12-26)14-13-31(29(41)42,38-28(40)18-37)20-39(32)30(43)44-19-24-9-5-3-6-10-24/h3-12,15-17,23H,13-14,18-21,37H2,1-2H3,(H,38,40)(H,41,42)/t23?,31?,32-/m1/s1. The van der Waals surface area contributed by atoms with Gasteiger partial charge in [0.05, 0.1) is 36.9 Å². The number of nitrogens with zero attached hydrogens (tertiary/aromatic N) is 1. The van der Waals surface area contributed by atoms with E-state index in [0.717, 1.165) is 12.1 Å². The van der Waals surface area contributed by atoms with Crippen molar-refractivity contribution in [2.45, 2.75) is 56.7 Å². The molecular formula is C33H36F3N3O6. The maximum absolute atomic E-state index is 13.9. The molecule has 3 aromatic carbocycles. The summed E-state index contributed by atoms with van der Waals surface area (Å²) in [6, 6.07) is 21.3. The average Bonchev–Trinajstić information content (AvgIpc) is 3.03. The second-order valence-electron chi connectivity index (χ2n) is 11.2. The SMILES string of the molecule is Cc1cc(C(C)OC[C@@]2(c3ccccc3)CCC(NC(=O)CN)(C(=O)O)CN2C(=O)OCc2ccccc2)cc(C(F)(F)F)c1. The molecule has 2 amide bonds. The predicted molar refractivity (Wildman–Crippen MR) is 159 cm³/mol. The van der Waals surface area contributed by atoms with E-state index >= 15 is 0 Å². The number of ether oxygens (including phenoxy) is 2. The second-order valence-corrected chi connectivity index (χ2v) is 11.2. The number of likely N-dealkylation sites (tertiary alicyclic amines) is 1. The van der Waals surface area contributed by atoms with E-state index in [-0.39, 0.29) is 31.6 Å². The fourth-order valence-electron chi connectivity index (χ4n) is 5.59. The van der Waals surface area contributed by atoms with Crippen LogP contribution in [0.25, 0.3) is 0 Å². The lowest BCUT2D eigenvalue weighted by molar-refractivity contribution is -0.154. The molecule has 2 unspecified atom stereocenters. The number of nitrogens with one attached hydrogen (secondary N) is 1. The van der Waals surface area contributed by atoms with E-state index in [9.17, 15) is 32.7 Å². The van der Waals surface area contributed by atoms with Crippen molar-refractivity contribution in [2.24, 2.45) is 5.73 Å². The van der Waals surface area contributed by atoms with Gasteiger partial charge in [0.15, 0.2) is 5.54 Å². The molecule has 12 heteroatoms. The molecule has 0 saturated carbocycles. The van der Waals surface area contributed by atoms with Gasteiger partial charge in [0, 0.05) is 0 Å². The Morgan fingerprint density at radius 3 is 2.27 bits per heavy atom. The molecule has 0 spiro atoms. The Labute approximate surface area is 259 Å². The summed E-state index contributed by atoms with van der Waals surface area (Å²) >= 11 is 0. The average molecular weight is 628 g/mol. The summed E-state index contributed by atoms with van der Waals surface area (Å²) in [6.45, 7) is 1.89. The second kappa shape index (κ2) is 13.7. The maximum Gasteiger partial charge on any atom is 0.416 e. The molecule has 4 N–H and O–H groups in total. The fourth-order valence-corrected chi connectivity index (χ4v) is 5.59. The number of amides is 2. The molecule has 4 rings (SSSR count). The summed E-state index contributed by atoms with van der Waals surface area (Å²) in [7, 11) is 0. The Morgan fingerprint density at radius 2 is 1.67 bits per heavy atom. The highest BCUT2D eigenvalue weighted by Crippen LogP contribution is 2.43. The quantitative estimate of drug-likeness (QED) is 0.277. The lowest BCUT2D eigenvalue weighted by Crippen LogP contribution is -2.70. The number of aryl methyl sites for hydroxylation is 1. The van der Waals surface area contributed by atoms with Crippen molar-refractivity contribution in [2.75, 3.05) is 19.7 Å². The highest BCUT2D eigenvalue weighted by atomic mass is 19.4. The monoisotopic (exact) mass is 627 g/mol. The molecule has 1 aliphatic rings. The maximum atomic E-state index is 13.9. The number of rotatable bonds is 10. The van der Waals surface area contributed by atoms with Crippen molar-refractivity contribution in [1.82, 2.24) is 10.2 Å². The van der Waals surface area contributed by atoms with Crippen LogP contribution < -0.4 is 11.1 Å². The minimum absolute atomic E-state index is 0.00292. The molecule has 3 aromatic rings. The molecule has 3 atom stereocenters.